The minimum atomic E-state index is 0.613. The maximum Gasteiger partial charge on any atom is -0.0300 e. The van der Waals surface area contributed by atoms with Crippen LogP contribution in [0.5, 0.6) is 0 Å². The molecule has 0 aliphatic rings. The second-order valence-corrected chi connectivity index (χ2v) is 5.55. The van der Waals surface area contributed by atoms with Crippen LogP contribution in [0.4, 0.5) is 0 Å². The summed E-state index contributed by atoms with van der Waals surface area (Å²) in [5.74, 6) is 0.903. The fraction of sp³-hybridized carbons (Fsp3) is 1.00. The summed E-state index contributed by atoms with van der Waals surface area (Å²) in [6.07, 6.45) is 11.1. The van der Waals surface area contributed by atoms with Crippen LogP contribution >= 0.6 is 0 Å². The second kappa shape index (κ2) is 8.19. The zero-order chi connectivity index (χ0) is 11.7. The minimum absolute atomic E-state index is 0.613. The fourth-order valence-corrected chi connectivity index (χ4v) is 2.56. The van der Waals surface area contributed by atoms with Crippen LogP contribution in [0.3, 0.4) is 0 Å². The Kier molecular flexibility index (Phi) is 8.19. The SMILES string of the molecule is CCCCC(C)(CCCC)C(C)CCC. The number of hydrogen-bond acceptors (Lipinski definition) is 0. The molecule has 0 aromatic heterocycles. The highest BCUT2D eigenvalue weighted by molar-refractivity contribution is 4.79. The topological polar surface area (TPSA) is 0 Å². The van der Waals surface area contributed by atoms with Gasteiger partial charge in [-0.1, -0.05) is 73.1 Å². The summed E-state index contributed by atoms with van der Waals surface area (Å²) in [6, 6.07) is 0. The van der Waals surface area contributed by atoms with E-state index in [1.54, 1.807) is 0 Å². The molecule has 0 aromatic carbocycles. The zero-order valence-corrected chi connectivity index (χ0v) is 11.7. The molecule has 0 fully saturated rings. The number of rotatable bonds is 9. The molecule has 0 heterocycles. The van der Waals surface area contributed by atoms with Gasteiger partial charge in [-0.05, 0) is 24.2 Å². The first-order valence-corrected chi connectivity index (χ1v) is 7.10. The van der Waals surface area contributed by atoms with Crippen LogP contribution in [0.1, 0.15) is 86.0 Å². The van der Waals surface area contributed by atoms with E-state index >= 15 is 0 Å². The summed E-state index contributed by atoms with van der Waals surface area (Å²) in [7, 11) is 0. The van der Waals surface area contributed by atoms with Crippen molar-refractivity contribution in [2.75, 3.05) is 0 Å². The summed E-state index contributed by atoms with van der Waals surface area (Å²) < 4.78 is 0. The number of unbranched alkanes of at least 4 members (excludes halogenated alkanes) is 2. The van der Waals surface area contributed by atoms with Gasteiger partial charge in [0.15, 0.2) is 0 Å². The van der Waals surface area contributed by atoms with Crippen LogP contribution in [-0.4, -0.2) is 0 Å². The molecule has 0 aliphatic heterocycles. The molecule has 1 atom stereocenters. The second-order valence-electron chi connectivity index (χ2n) is 5.55. The first-order chi connectivity index (χ1) is 7.10. The average molecular weight is 212 g/mol. The summed E-state index contributed by atoms with van der Waals surface area (Å²) in [6.45, 7) is 11.9. The monoisotopic (exact) mass is 212 g/mol. The minimum Gasteiger partial charge on any atom is -0.0654 e. The van der Waals surface area contributed by atoms with Crippen LogP contribution in [0.15, 0.2) is 0 Å². The molecule has 92 valence electrons. The zero-order valence-electron chi connectivity index (χ0n) is 11.7. The molecular formula is C15H32. The molecule has 1 unspecified atom stereocenters. The van der Waals surface area contributed by atoms with E-state index in [9.17, 15) is 0 Å². The van der Waals surface area contributed by atoms with Crippen molar-refractivity contribution in [3.05, 3.63) is 0 Å². The van der Waals surface area contributed by atoms with E-state index in [1.165, 1.54) is 51.4 Å². The van der Waals surface area contributed by atoms with Gasteiger partial charge in [0.25, 0.3) is 0 Å². The highest BCUT2D eigenvalue weighted by Crippen LogP contribution is 2.40. The van der Waals surface area contributed by atoms with Gasteiger partial charge in [-0.15, -0.1) is 0 Å². The van der Waals surface area contributed by atoms with Gasteiger partial charge in [0.2, 0.25) is 0 Å². The molecule has 0 bridgehead atoms. The lowest BCUT2D eigenvalue weighted by atomic mass is 9.69. The van der Waals surface area contributed by atoms with Crippen LogP contribution < -0.4 is 0 Å². The van der Waals surface area contributed by atoms with E-state index in [2.05, 4.69) is 34.6 Å². The molecule has 0 amide bonds. The van der Waals surface area contributed by atoms with Gasteiger partial charge in [0.05, 0.1) is 0 Å². The predicted molar refractivity (Wildman–Crippen MR) is 71.2 cm³/mol. The third kappa shape index (κ3) is 5.58. The Morgan fingerprint density at radius 1 is 0.867 bits per heavy atom. The van der Waals surface area contributed by atoms with Crippen molar-refractivity contribution in [3.63, 3.8) is 0 Å². The Hall–Kier alpha value is 0. The summed E-state index contributed by atoms with van der Waals surface area (Å²) in [5, 5.41) is 0. The predicted octanol–water partition coefficient (Wildman–Crippen LogP) is 5.81. The lowest BCUT2D eigenvalue weighted by molar-refractivity contribution is 0.148. The maximum atomic E-state index is 2.53. The fourth-order valence-electron chi connectivity index (χ4n) is 2.56. The van der Waals surface area contributed by atoms with Crippen molar-refractivity contribution in [2.24, 2.45) is 11.3 Å². The smallest absolute Gasteiger partial charge is 0.0300 e. The molecule has 0 rings (SSSR count). The van der Waals surface area contributed by atoms with E-state index < -0.39 is 0 Å². The molecule has 0 heteroatoms. The molecule has 0 N–H and O–H groups in total. The van der Waals surface area contributed by atoms with Crippen LogP contribution in [0.25, 0.3) is 0 Å². The van der Waals surface area contributed by atoms with Gasteiger partial charge in [-0.3, -0.25) is 0 Å². The van der Waals surface area contributed by atoms with Gasteiger partial charge in [0, 0.05) is 0 Å². The van der Waals surface area contributed by atoms with Crippen molar-refractivity contribution in [2.45, 2.75) is 86.0 Å². The standard InChI is InChI=1S/C15H32/c1-6-9-12-15(5,13-10-7-2)14(4)11-8-3/h14H,6-13H2,1-5H3. The molecule has 0 nitrogen and oxygen atoms in total. The van der Waals surface area contributed by atoms with Crippen molar-refractivity contribution < 1.29 is 0 Å². The van der Waals surface area contributed by atoms with Gasteiger partial charge in [-0.2, -0.15) is 0 Å². The van der Waals surface area contributed by atoms with Crippen LogP contribution in [0, 0.1) is 11.3 Å². The highest BCUT2D eigenvalue weighted by Gasteiger charge is 2.28. The lowest BCUT2D eigenvalue weighted by Crippen LogP contribution is -2.25. The molecule has 15 heavy (non-hydrogen) atoms. The van der Waals surface area contributed by atoms with Gasteiger partial charge in [-0.25, -0.2) is 0 Å². The molecule has 0 saturated heterocycles. The van der Waals surface area contributed by atoms with Crippen LogP contribution in [0.2, 0.25) is 0 Å². The van der Waals surface area contributed by atoms with Crippen LogP contribution in [-0.2, 0) is 0 Å². The molecule has 0 saturated carbocycles. The van der Waals surface area contributed by atoms with E-state index in [0.717, 1.165) is 5.92 Å². The first kappa shape index (κ1) is 15.0. The summed E-state index contributed by atoms with van der Waals surface area (Å²) in [5.41, 5.74) is 0.613. The van der Waals surface area contributed by atoms with Crippen molar-refractivity contribution in [3.8, 4) is 0 Å². The largest absolute Gasteiger partial charge is 0.0654 e. The van der Waals surface area contributed by atoms with Gasteiger partial charge in [0.1, 0.15) is 0 Å². The third-order valence-corrected chi connectivity index (χ3v) is 4.11. The highest BCUT2D eigenvalue weighted by atomic mass is 14.3. The Labute approximate surface area is 97.8 Å². The van der Waals surface area contributed by atoms with Crippen molar-refractivity contribution in [1.82, 2.24) is 0 Å². The molecule has 0 aliphatic carbocycles. The Balaban J connectivity index is 4.23. The quantitative estimate of drug-likeness (QED) is 0.452. The summed E-state index contributed by atoms with van der Waals surface area (Å²) >= 11 is 0. The number of hydrogen-bond donors (Lipinski definition) is 0. The van der Waals surface area contributed by atoms with E-state index in [0.29, 0.717) is 5.41 Å². The molecule has 0 aromatic rings. The Bertz CT molecular complexity index is 129. The normalized spacial score (nSPS) is 14.2. The third-order valence-electron chi connectivity index (χ3n) is 4.11. The average Bonchev–Trinajstić information content (AvgIpc) is 2.24. The Morgan fingerprint density at radius 3 is 1.67 bits per heavy atom. The first-order valence-electron chi connectivity index (χ1n) is 7.10. The van der Waals surface area contributed by atoms with E-state index in [1.807, 2.05) is 0 Å². The maximum absolute atomic E-state index is 2.53. The van der Waals surface area contributed by atoms with Gasteiger partial charge >= 0.3 is 0 Å². The van der Waals surface area contributed by atoms with E-state index in [4.69, 9.17) is 0 Å². The molecular weight excluding hydrogens is 180 g/mol. The summed E-state index contributed by atoms with van der Waals surface area (Å²) in [4.78, 5) is 0. The molecule has 0 radical (unpaired) electrons. The Morgan fingerprint density at radius 2 is 1.33 bits per heavy atom. The van der Waals surface area contributed by atoms with Crippen molar-refractivity contribution in [1.29, 1.82) is 0 Å². The van der Waals surface area contributed by atoms with Crippen molar-refractivity contribution >= 4 is 0 Å². The van der Waals surface area contributed by atoms with E-state index in [-0.39, 0.29) is 0 Å². The molecule has 0 spiro atoms. The van der Waals surface area contributed by atoms with Gasteiger partial charge < -0.3 is 0 Å². The lowest BCUT2D eigenvalue weighted by Gasteiger charge is -2.36.